The van der Waals surface area contributed by atoms with Gasteiger partial charge in [0.2, 0.25) is 5.91 Å². The Bertz CT molecular complexity index is 509. The van der Waals surface area contributed by atoms with Gasteiger partial charge in [-0.3, -0.25) is 4.79 Å². The second-order valence-corrected chi connectivity index (χ2v) is 7.29. The number of carbonyl (C=O) groups is 1. The number of hydrogen-bond acceptors (Lipinski definition) is 3. The minimum atomic E-state index is -0.197. The van der Waals surface area contributed by atoms with Crippen LogP contribution in [0.3, 0.4) is 0 Å². The number of nitrogen functional groups attached to an aromatic ring is 1. The summed E-state index contributed by atoms with van der Waals surface area (Å²) in [5.41, 5.74) is 9.18. The first-order chi connectivity index (χ1) is 9.08. The van der Waals surface area contributed by atoms with Crippen LogP contribution < -0.4 is 5.73 Å². The zero-order valence-electron chi connectivity index (χ0n) is 11.3. The largest absolute Gasteiger partial charge is 0.399 e. The Balaban J connectivity index is 1.80. The number of hydrogen-bond donors (Lipinski definition) is 1. The predicted octanol–water partition coefficient (Wildman–Crippen LogP) is 2.44. The van der Waals surface area contributed by atoms with E-state index in [1.165, 1.54) is 11.1 Å². The van der Waals surface area contributed by atoms with Gasteiger partial charge < -0.3 is 10.6 Å². The first kappa shape index (κ1) is 12.9. The van der Waals surface area contributed by atoms with Crippen LogP contribution in [0.25, 0.3) is 0 Å². The molecule has 0 bridgehead atoms. The standard InChI is InChI=1S/C15H20N2OS/c1-15(6-2-8-19-15)14(18)17-7-5-11-3-4-13(16)9-12(11)10-17/h3-4,9H,2,5-8,10,16H2,1H3. The third-order valence-electron chi connectivity index (χ3n) is 4.20. The van der Waals surface area contributed by atoms with Crippen molar-refractivity contribution in [3.63, 3.8) is 0 Å². The lowest BCUT2D eigenvalue weighted by Gasteiger charge is -2.34. The fraction of sp³-hybridized carbons (Fsp3) is 0.533. The second-order valence-electron chi connectivity index (χ2n) is 5.69. The van der Waals surface area contributed by atoms with Gasteiger partial charge in [-0.15, -0.1) is 11.8 Å². The van der Waals surface area contributed by atoms with Crippen LogP contribution in [-0.2, 0) is 17.8 Å². The van der Waals surface area contributed by atoms with E-state index in [1.807, 2.05) is 28.8 Å². The van der Waals surface area contributed by atoms with E-state index in [0.29, 0.717) is 5.91 Å². The molecule has 0 radical (unpaired) electrons. The second kappa shape index (κ2) is 4.75. The van der Waals surface area contributed by atoms with Crippen molar-refractivity contribution in [2.24, 2.45) is 0 Å². The average Bonchev–Trinajstić information content (AvgIpc) is 2.85. The SMILES string of the molecule is CC1(C(=O)N2CCc3ccc(N)cc3C2)CCCS1. The fourth-order valence-electron chi connectivity index (χ4n) is 3.03. The minimum absolute atomic E-state index is 0.197. The van der Waals surface area contributed by atoms with Crippen molar-refractivity contribution in [2.75, 3.05) is 18.0 Å². The third-order valence-corrected chi connectivity index (χ3v) is 5.71. The maximum atomic E-state index is 12.7. The normalized spacial score (nSPS) is 26.3. The van der Waals surface area contributed by atoms with Gasteiger partial charge in [-0.1, -0.05) is 6.07 Å². The van der Waals surface area contributed by atoms with Crippen LogP contribution in [-0.4, -0.2) is 27.9 Å². The first-order valence-electron chi connectivity index (χ1n) is 6.89. The molecule has 2 heterocycles. The number of fused-ring (bicyclic) bond motifs is 1. The zero-order chi connectivity index (χ0) is 13.5. The predicted molar refractivity (Wildman–Crippen MR) is 80.1 cm³/mol. The summed E-state index contributed by atoms with van der Waals surface area (Å²) in [7, 11) is 0. The molecule has 1 unspecified atom stereocenters. The van der Waals surface area contributed by atoms with E-state index in [-0.39, 0.29) is 4.75 Å². The van der Waals surface area contributed by atoms with Gasteiger partial charge in [0.05, 0.1) is 4.75 Å². The van der Waals surface area contributed by atoms with Crippen LogP contribution in [0.15, 0.2) is 18.2 Å². The number of thioether (sulfide) groups is 1. The average molecular weight is 276 g/mol. The molecule has 2 aliphatic heterocycles. The molecule has 1 amide bonds. The molecule has 2 N–H and O–H groups in total. The van der Waals surface area contributed by atoms with Gasteiger partial charge in [0.15, 0.2) is 0 Å². The van der Waals surface area contributed by atoms with Crippen molar-refractivity contribution < 1.29 is 4.79 Å². The topological polar surface area (TPSA) is 46.3 Å². The number of nitrogens with zero attached hydrogens (tertiary/aromatic N) is 1. The molecule has 1 atom stereocenters. The molecule has 2 aliphatic rings. The van der Waals surface area contributed by atoms with Crippen LogP contribution in [0.1, 0.15) is 30.9 Å². The Kier molecular flexibility index (Phi) is 3.21. The van der Waals surface area contributed by atoms with Crippen molar-refractivity contribution in [1.29, 1.82) is 0 Å². The highest BCUT2D eigenvalue weighted by atomic mass is 32.2. The number of carbonyl (C=O) groups excluding carboxylic acids is 1. The van der Waals surface area contributed by atoms with Crippen molar-refractivity contribution in [1.82, 2.24) is 4.90 Å². The molecule has 1 aromatic carbocycles. The molecule has 1 fully saturated rings. The van der Waals surface area contributed by atoms with Gasteiger partial charge in [0.1, 0.15) is 0 Å². The zero-order valence-corrected chi connectivity index (χ0v) is 12.1. The van der Waals surface area contributed by atoms with E-state index >= 15 is 0 Å². The highest BCUT2D eigenvalue weighted by Crippen LogP contribution is 2.40. The van der Waals surface area contributed by atoms with E-state index in [2.05, 4.69) is 13.0 Å². The van der Waals surface area contributed by atoms with Crippen LogP contribution in [0.2, 0.25) is 0 Å². The summed E-state index contributed by atoms with van der Waals surface area (Å²) in [6.45, 7) is 3.66. The summed E-state index contributed by atoms with van der Waals surface area (Å²) < 4.78 is -0.197. The van der Waals surface area contributed by atoms with Gasteiger partial charge >= 0.3 is 0 Å². The van der Waals surface area contributed by atoms with Gasteiger partial charge in [-0.25, -0.2) is 0 Å². The van der Waals surface area contributed by atoms with Crippen molar-refractivity contribution in [2.45, 2.75) is 37.5 Å². The van der Waals surface area contributed by atoms with Gasteiger partial charge in [0, 0.05) is 18.8 Å². The molecule has 19 heavy (non-hydrogen) atoms. The van der Waals surface area contributed by atoms with E-state index in [1.54, 1.807) is 0 Å². The van der Waals surface area contributed by atoms with Crippen LogP contribution in [0.4, 0.5) is 5.69 Å². The summed E-state index contributed by atoms with van der Waals surface area (Å²) in [6.07, 6.45) is 3.11. The summed E-state index contributed by atoms with van der Waals surface area (Å²) in [5, 5.41) is 0. The lowest BCUT2D eigenvalue weighted by atomic mass is 9.96. The molecule has 0 spiro atoms. The van der Waals surface area contributed by atoms with Crippen molar-refractivity contribution in [3.05, 3.63) is 29.3 Å². The molecule has 3 nitrogen and oxygen atoms in total. The van der Waals surface area contributed by atoms with E-state index in [0.717, 1.165) is 43.8 Å². The molecular weight excluding hydrogens is 256 g/mol. The number of anilines is 1. The Morgan fingerprint density at radius 1 is 1.42 bits per heavy atom. The Hall–Kier alpha value is -1.16. The molecule has 4 heteroatoms. The Morgan fingerprint density at radius 3 is 3.00 bits per heavy atom. The van der Waals surface area contributed by atoms with Crippen molar-refractivity contribution >= 4 is 23.4 Å². The lowest BCUT2D eigenvalue weighted by molar-refractivity contribution is -0.134. The molecular formula is C15H20N2OS. The van der Waals surface area contributed by atoms with E-state index in [9.17, 15) is 4.79 Å². The summed E-state index contributed by atoms with van der Waals surface area (Å²) in [5.74, 6) is 1.42. The van der Waals surface area contributed by atoms with Gasteiger partial charge in [-0.05, 0) is 55.2 Å². The number of rotatable bonds is 1. The minimum Gasteiger partial charge on any atom is -0.399 e. The maximum Gasteiger partial charge on any atom is 0.238 e. The van der Waals surface area contributed by atoms with E-state index < -0.39 is 0 Å². The molecule has 0 aliphatic carbocycles. The molecule has 3 rings (SSSR count). The molecule has 0 saturated carbocycles. The van der Waals surface area contributed by atoms with Gasteiger partial charge in [0.25, 0.3) is 0 Å². The molecule has 0 aromatic heterocycles. The highest BCUT2D eigenvalue weighted by molar-refractivity contribution is 8.01. The maximum absolute atomic E-state index is 12.7. The molecule has 102 valence electrons. The summed E-state index contributed by atoms with van der Waals surface area (Å²) in [6, 6.07) is 6.06. The summed E-state index contributed by atoms with van der Waals surface area (Å²) in [4.78, 5) is 14.7. The smallest absolute Gasteiger partial charge is 0.238 e. The van der Waals surface area contributed by atoms with Crippen LogP contribution in [0, 0.1) is 0 Å². The fourth-order valence-corrected chi connectivity index (χ4v) is 4.31. The Labute approximate surface area is 118 Å². The number of amides is 1. The van der Waals surface area contributed by atoms with Crippen molar-refractivity contribution in [3.8, 4) is 0 Å². The lowest BCUT2D eigenvalue weighted by Crippen LogP contribution is -2.45. The highest BCUT2D eigenvalue weighted by Gasteiger charge is 2.40. The molecule has 1 saturated heterocycles. The van der Waals surface area contributed by atoms with Gasteiger partial charge in [-0.2, -0.15) is 0 Å². The molecule has 1 aromatic rings. The van der Waals surface area contributed by atoms with E-state index in [4.69, 9.17) is 5.73 Å². The monoisotopic (exact) mass is 276 g/mol. The number of nitrogens with two attached hydrogens (primary N) is 1. The third kappa shape index (κ3) is 2.34. The van der Waals surface area contributed by atoms with Crippen LogP contribution >= 0.6 is 11.8 Å². The van der Waals surface area contributed by atoms with Crippen LogP contribution in [0.5, 0.6) is 0 Å². The number of benzene rings is 1. The summed E-state index contributed by atoms with van der Waals surface area (Å²) >= 11 is 1.81. The quantitative estimate of drug-likeness (QED) is 0.801. The Morgan fingerprint density at radius 2 is 2.26 bits per heavy atom. The first-order valence-corrected chi connectivity index (χ1v) is 7.88.